The number of hydrogen-bond acceptors (Lipinski definition) is 3. The lowest BCUT2D eigenvalue weighted by molar-refractivity contribution is -0.122. The summed E-state index contributed by atoms with van der Waals surface area (Å²) in [6, 6.07) is 8.41. The number of rotatable bonds is 4. The molecule has 4 heteroatoms. The number of carbonyl (C=O) groups excluding carboxylic acids is 1. The Hall–Kier alpha value is -2.23. The predicted molar refractivity (Wildman–Crippen MR) is 76.7 cm³/mol. The van der Waals surface area contributed by atoms with E-state index < -0.39 is 0 Å². The van der Waals surface area contributed by atoms with Crippen LogP contribution in [0, 0.1) is 5.92 Å². The molecule has 1 amide bonds. The summed E-state index contributed by atoms with van der Waals surface area (Å²) in [6.07, 6.45) is 2.62. The van der Waals surface area contributed by atoms with Gasteiger partial charge in [-0.2, -0.15) is 0 Å². The van der Waals surface area contributed by atoms with Gasteiger partial charge in [0.15, 0.2) is 0 Å². The quantitative estimate of drug-likeness (QED) is 0.799. The summed E-state index contributed by atoms with van der Waals surface area (Å²) in [4.78, 5) is 11.6. The lowest BCUT2D eigenvalue weighted by Crippen LogP contribution is -2.26. The second-order valence-electron chi connectivity index (χ2n) is 5.33. The summed E-state index contributed by atoms with van der Waals surface area (Å²) in [5.41, 5.74) is 0.923. The minimum Gasteiger partial charge on any atom is -0.508 e. The van der Waals surface area contributed by atoms with Crippen LogP contribution >= 0.6 is 0 Å². The molecule has 2 aromatic rings. The highest BCUT2D eigenvalue weighted by Gasteiger charge is 2.29. The number of nitrogens with one attached hydrogen (secondary N) is 1. The number of carbonyl (C=O) groups is 1. The number of fused-ring (bicyclic) bond motifs is 1. The molecule has 0 bridgehead atoms. The van der Waals surface area contributed by atoms with Gasteiger partial charge in [-0.05, 0) is 59.9 Å². The van der Waals surface area contributed by atoms with E-state index in [-0.39, 0.29) is 23.3 Å². The average Bonchev–Trinajstić information content (AvgIpc) is 3.23. The molecule has 1 aliphatic rings. The Balaban J connectivity index is 1.78. The molecular weight excluding hydrogens is 254 g/mol. The van der Waals surface area contributed by atoms with Gasteiger partial charge in [0.25, 0.3) is 0 Å². The van der Waals surface area contributed by atoms with Gasteiger partial charge in [-0.25, -0.2) is 0 Å². The van der Waals surface area contributed by atoms with E-state index in [4.69, 9.17) is 0 Å². The second-order valence-corrected chi connectivity index (χ2v) is 5.33. The Morgan fingerprint density at radius 1 is 1.15 bits per heavy atom. The number of aromatic hydroxyl groups is 2. The minimum atomic E-state index is 0.123. The molecule has 20 heavy (non-hydrogen) atoms. The number of hydrogen-bond donors (Lipinski definition) is 3. The van der Waals surface area contributed by atoms with Gasteiger partial charge in [-0.1, -0.05) is 6.07 Å². The fourth-order valence-corrected chi connectivity index (χ4v) is 2.42. The van der Waals surface area contributed by atoms with Crippen molar-refractivity contribution in [3.63, 3.8) is 0 Å². The summed E-state index contributed by atoms with van der Waals surface area (Å²) in [6.45, 7) is 0.545. The van der Waals surface area contributed by atoms with Gasteiger partial charge in [-0.15, -0.1) is 0 Å². The molecule has 3 N–H and O–H groups in total. The van der Waals surface area contributed by atoms with Crippen molar-refractivity contribution in [2.24, 2.45) is 5.92 Å². The highest BCUT2D eigenvalue weighted by molar-refractivity contribution is 5.88. The van der Waals surface area contributed by atoms with Crippen LogP contribution in [0.1, 0.15) is 18.4 Å². The third kappa shape index (κ3) is 2.69. The van der Waals surface area contributed by atoms with Crippen molar-refractivity contribution in [1.82, 2.24) is 5.32 Å². The summed E-state index contributed by atoms with van der Waals surface area (Å²) in [5.74, 6) is 0.732. The molecular formula is C16H17NO3. The number of phenols is 2. The topological polar surface area (TPSA) is 69.6 Å². The van der Waals surface area contributed by atoms with Crippen molar-refractivity contribution < 1.29 is 15.0 Å². The van der Waals surface area contributed by atoms with E-state index >= 15 is 0 Å². The minimum absolute atomic E-state index is 0.123. The lowest BCUT2D eigenvalue weighted by Gasteiger charge is -2.09. The molecule has 0 atom stereocenters. The molecule has 0 aliphatic heterocycles. The van der Waals surface area contributed by atoms with E-state index in [0.29, 0.717) is 13.0 Å². The third-order valence-corrected chi connectivity index (χ3v) is 3.65. The summed E-state index contributed by atoms with van der Waals surface area (Å²) in [5, 5.41) is 24.0. The van der Waals surface area contributed by atoms with Crippen molar-refractivity contribution in [2.45, 2.75) is 19.3 Å². The molecule has 0 spiro atoms. The van der Waals surface area contributed by atoms with Gasteiger partial charge in [0.05, 0.1) is 0 Å². The lowest BCUT2D eigenvalue weighted by atomic mass is 10.0. The van der Waals surface area contributed by atoms with E-state index in [1.54, 1.807) is 30.3 Å². The first-order chi connectivity index (χ1) is 9.63. The molecule has 0 aromatic heterocycles. The molecule has 1 aliphatic carbocycles. The van der Waals surface area contributed by atoms with Gasteiger partial charge >= 0.3 is 0 Å². The fraction of sp³-hybridized carbons (Fsp3) is 0.312. The first-order valence-corrected chi connectivity index (χ1v) is 6.86. The van der Waals surface area contributed by atoms with Gasteiger partial charge in [-0.3, -0.25) is 4.79 Å². The second kappa shape index (κ2) is 5.04. The highest BCUT2D eigenvalue weighted by Crippen LogP contribution is 2.29. The Kier molecular flexibility index (Phi) is 3.22. The summed E-state index contributed by atoms with van der Waals surface area (Å²) in [7, 11) is 0. The average molecular weight is 271 g/mol. The molecule has 2 aromatic carbocycles. The Labute approximate surface area is 117 Å². The number of phenolic OH excluding ortho intramolecular Hbond substituents is 2. The van der Waals surface area contributed by atoms with Crippen LogP contribution in [0.3, 0.4) is 0 Å². The summed E-state index contributed by atoms with van der Waals surface area (Å²) >= 11 is 0. The standard InChI is InChI=1S/C16H17NO3/c18-13-4-3-11-7-14(19)8-12(15(11)9-13)5-6-17-16(20)10-1-2-10/h3-4,7-10,18-19H,1-2,5-6H2,(H,17,20). The maximum Gasteiger partial charge on any atom is 0.223 e. The fourth-order valence-electron chi connectivity index (χ4n) is 2.42. The molecule has 0 radical (unpaired) electrons. The largest absolute Gasteiger partial charge is 0.508 e. The van der Waals surface area contributed by atoms with Crippen LogP contribution in [0.2, 0.25) is 0 Å². The van der Waals surface area contributed by atoms with Crippen molar-refractivity contribution >= 4 is 16.7 Å². The van der Waals surface area contributed by atoms with Crippen molar-refractivity contribution in [3.8, 4) is 11.5 Å². The predicted octanol–water partition coefficient (Wildman–Crippen LogP) is 2.32. The molecule has 0 saturated heterocycles. The smallest absolute Gasteiger partial charge is 0.223 e. The van der Waals surface area contributed by atoms with Crippen LogP contribution in [0.4, 0.5) is 0 Å². The SMILES string of the molecule is O=C(NCCc1cc(O)cc2ccc(O)cc12)C1CC1. The van der Waals surface area contributed by atoms with E-state index in [0.717, 1.165) is 29.2 Å². The maximum absolute atomic E-state index is 11.6. The summed E-state index contributed by atoms with van der Waals surface area (Å²) < 4.78 is 0. The Morgan fingerprint density at radius 2 is 1.95 bits per heavy atom. The number of benzene rings is 2. The molecule has 1 fully saturated rings. The van der Waals surface area contributed by atoms with Gasteiger partial charge in [0.1, 0.15) is 11.5 Å². The Bertz CT molecular complexity index is 662. The normalized spacial score (nSPS) is 14.4. The highest BCUT2D eigenvalue weighted by atomic mass is 16.3. The van der Waals surface area contributed by atoms with Crippen LogP contribution in [-0.2, 0) is 11.2 Å². The van der Waals surface area contributed by atoms with E-state index in [1.807, 2.05) is 0 Å². The van der Waals surface area contributed by atoms with Crippen molar-refractivity contribution in [2.75, 3.05) is 6.54 Å². The Morgan fingerprint density at radius 3 is 2.70 bits per heavy atom. The van der Waals surface area contributed by atoms with Crippen LogP contribution in [-0.4, -0.2) is 22.7 Å². The number of amides is 1. The van der Waals surface area contributed by atoms with Crippen LogP contribution in [0.25, 0.3) is 10.8 Å². The maximum atomic E-state index is 11.6. The molecule has 0 heterocycles. The third-order valence-electron chi connectivity index (χ3n) is 3.65. The van der Waals surface area contributed by atoms with Crippen LogP contribution in [0.5, 0.6) is 11.5 Å². The molecule has 1 saturated carbocycles. The van der Waals surface area contributed by atoms with Crippen LogP contribution in [0.15, 0.2) is 30.3 Å². The van der Waals surface area contributed by atoms with Crippen molar-refractivity contribution in [3.05, 3.63) is 35.9 Å². The first kappa shape index (κ1) is 12.8. The van der Waals surface area contributed by atoms with E-state index in [1.165, 1.54) is 0 Å². The van der Waals surface area contributed by atoms with Crippen molar-refractivity contribution in [1.29, 1.82) is 0 Å². The zero-order chi connectivity index (χ0) is 14.1. The first-order valence-electron chi connectivity index (χ1n) is 6.86. The molecule has 3 rings (SSSR count). The van der Waals surface area contributed by atoms with Crippen LogP contribution < -0.4 is 5.32 Å². The van der Waals surface area contributed by atoms with Gasteiger partial charge in [0.2, 0.25) is 5.91 Å². The molecule has 4 nitrogen and oxygen atoms in total. The van der Waals surface area contributed by atoms with Gasteiger partial charge < -0.3 is 15.5 Å². The zero-order valence-corrected chi connectivity index (χ0v) is 11.1. The van der Waals surface area contributed by atoms with E-state index in [9.17, 15) is 15.0 Å². The van der Waals surface area contributed by atoms with Gasteiger partial charge in [0, 0.05) is 12.5 Å². The van der Waals surface area contributed by atoms with E-state index in [2.05, 4.69) is 5.32 Å². The zero-order valence-electron chi connectivity index (χ0n) is 11.1. The molecule has 104 valence electrons. The molecule has 0 unspecified atom stereocenters. The monoisotopic (exact) mass is 271 g/mol.